The molecule has 0 N–H and O–H groups in total. The standard InChI is InChI=1S/C14H12BrFO4/c1-7-4-8(10(15)6-11(7)16)5-9-12(17)19-14(2,3)20-13(9)18/h4-6H,1-3H3. The smallest absolute Gasteiger partial charge is 0.348 e. The van der Waals surface area contributed by atoms with E-state index in [0.29, 0.717) is 15.6 Å². The number of benzene rings is 1. The highest BCUT2D eigenvalue weighted by Gasteiger charge is 2.38. The summed E-state index contributed by atoms with van der Waals surface area (Å²) < 4.78 is 23.8. The van der Waals surface area contributed by atoms with Gasteiger partial charge in [0.15, 0.2) is 0 Å². The summed E-state index contributed by atoms with van der Waals surface area (Å²) in [5.41, 5.74) is 0.668. The van der Waals surface area contributed by atoms with Gasteiger partial charge in [-0.05, 0) is 36.3 Å². The highest BCUT2D eigenvalue weighted by atomic mass is 79.9. The third kappa shape index (κ3) is 2.90. The lowest BCUT2D eigenvalue weighted by atomic mass is 10.1. The topological polar surface area (TPSA) is 52.6 Å². The largest absolute Gasteiger partial charge is 0.419 e. The maximum absolute atomic E-state index is 13.4. The minimum Gasteiger partial charge on any atom is -0.419 e. The number of cyclic esters (lactones) is 2. The second-order valence-corrected chi connectivity index (χ2v) is 5.71. The maximum Gasteiger partial charge on any atom is 0.348 e. The summed E-state index contributed by atoms with van der Waals surface area (Å²) >= 11 is 3.18. The molecule has 0 radical (unpaired) electrons. The number of carbonyl (C=O) groups is 2. The Kier molecular flexibility index (Phi) is 3.69. The first kappa shape index (κ1) is 14.7. The molecule has 0 spiro atoms. The summed E-state index contributed by atoms with van der Waals surface area (Å²) in [7, 11) is 0. The molecule has 20 heavy (non-hydrogen) atoms. The lowest BCUT2D eigenvalue weighted by Crippen LogP contribution is -2.41. The summed E-state index contributed by atoms with van der Waals surface area (Å²) in [5, 5.41) is 0. The summed E-state index contributed by atoms with van der Waals surface area (Å²) in [5.74, 6) is -3.18. The van der Waals surface area contributed by atoms with E-state index < -0.39 is 17.7 Å². The molecule has 1 fully saturated rings. The van der Waals surface area contributed by atoms with E-state index in [1.165, 1.54) is 32.1 Å². The molecule has 1 heterocycles. The van der Waals surface area contributed by atoms with Crippen molar-refractivity contribution in [3.63, 3.8) is 0 Å². The maximum atomic E-state index is 13.4. The van der Waals surface area contributed by atoms with Crippen molar-refractivity contribution in [1.29, 1.82) is 0 Å². The Bertz CT molecular complexity index is 612. The molecule has 106 valence electrons. The van der Waals surface area contributed by atoms with E-state index in [4.69, 9.17) is 9.47 Å². The van der Waals surface area contributed by atoms with Gasteiger partial charge in [-0.25, -0.2) is 14.0 Å². The van der Waals surface area contributed by atoms with E-state index in [-0.39, 0.29) is 11.4 Å². The van der Waals surface area contributed by atoms with Crippen molar-refractivity contribution in [2.24, 2.45) is 0 Å². The van der Waals surface area contributed by atoms with Gasteiger partial charge in [0.1, 0.15) is 11.4 Å². The van der Waals surface area contributed by atoms with Crippen molar-refractivity contribution in [3.05, 3.63) is 39.1 Å². The summed E-state index contributed by atoms with van der Waals surface area (Å²) in [4.78, 5) is 23.6. The average molecular weight is 343 g/mol. The van der Waals surface area contributed by atoms with Crippen molar-refractivity contribution in [2.75, 3.05) is 0 Å². The molecule has 1 aromatic carbocycles. The van der Waals surface area contributed by atoms with Crippen LogP contribution < -0.4 is 0 Å². The van der Waals surface area contributed by atoms with E-state index in [9.17, 15) is 14.0 Å². The number of esters is 2. The van der Waals surface area contributed by atoms with Crippen LogP contribution in [0.2, 0.25) is 0 Å². The number of hydrogen-bond donors (Lipinski definition) is 0. The van der Waals surface area contributed by atoms with Gasteiger partial charge in [0.05, 0.1) is 0 Å². The number of halogens is 2. The zero-order valence-electron chi connectivity index (χ0n) is 11.1. The van der Waals surface area contributed by atoms with Crippen LogP contribution in [0.1, 0.15) is 25.0 Å². The van der Waals surface area contributed by atoms with Crippen LogP contribution in [0.25, 0.3) is 6.08 Å². The Balaban J connectivity index is 2.43. The van der Waals surface area contributed by atoms with E-state index in [1.54, 1.807) is 6.92 Å². The number of ether oxygens (including phenoxy) is 2. The number of aryl methyl sites for hydroxylation is 1. The third-order valence-electron chi connectivity index (χ3n) is 2.69. The Labute approximate surface area is 123 Å². The molecule has 1 aliphatic heterocycles. The van der Waals surface area contributed by atoms with Gasteiger partial charge in [0.25, 0.3) is 5.79 Å². The molecule has 0 aliphatic carbocycles. The van der Waals surface area contributed by atoms with Crippen molar-refractivity contribution < 1.29 is 23.5 Å². The normalized spacial score (nSPS) is 17.6. The van der Waals surface area contributed by atoms with Crippen LogP contribution in [0.15, 0.2) is 22.2 Å². The number of carbonyl (C=O) groups excluding carboxylic acids is 2. The van der Waals surface area contributed by atoms with Crippen LogP contribution in [0.4, 0.5) is 4.39 Å². The second-order valence-electron chi connectivity index (χ2n) is 4.86. The molecule has 0 unspecified atom stereocenters. The zero-order valence-corrected chi connectivity index (χ0v) is 12.7. The van der Waals surface area contributed by atoms with E-state index in [0.717, 1.165) is 0 Å². The highest BCUT2D eigenvalue weighted by molar-refractivity contribution is 9.10. The summed E-state index contributed by atoms with van der Waals surface area (Å²) in [6.07, 6.45) is 1.32. The Morgan fingerprint density at radius 3 is 2.30 bits per heavy atom. The molecule has 1 saturated heterocycles. The van der Waals surface area contributed by atoms with E-state index in [2.05, 4.69) is 15.9 Å². The van der Waals surface area contributed by atoms with Gasteiger partial charge in [-0.15, -0.1) is 0 Å². The van der Waals surface area contributed by atoms with Crippen LogP contribution in [-0.2, 0) is 19.1 Å². The Morgan fingerprint density at radius 2 is 1.75 bits per heavy atom. The molecule has 1 aliphatic rings. The Hall–Kier alpha value is -1.69. The average Bonchev–Trinajstić information content (AvgIpc) is 2.28. The molecule has 6 heteroatoms. The molecule has 0 amide bonds. The molecule has 4 nitrogen and oxygen atoms in total. The quantitative estimate of drug-likeness (QED) is 0.447. The Morgan fingerprint density at radius 1 is 1.20 bits per heavy atom. The van der Waals surface area contributed by atoms with Gasteiger partial charge in [-0.2, -0.15) is 0 Å². The molecule has 0 saturated carbocycles. The number of rotatable bonds is 1. The third-order valence-corrected chi connectivity index (χ3v) is 3.38. The van der Waals surface area contributed by atoms with Crippen molar-refractivity contribution in [2.45, 2.75) is 26.6 Å². The van der Waals surface area contributed by atoms with Crippen LogP contribution >= 0.6 is 15.9 Å². The monoisotopic (exact) mass is 342 g/mol. The highest BCUT2D eigenvalue weighted by Crippen LogP contribution is 2.27. The van der Waals surface area contributed by atoms with Gasteiger partial charge in [0.2, 0.25) is 0 Å². The summed E-state index contributed by atoms with van der Waals surface area (Å²) in [6.45, 7) is 4.53. The van der Waals surface area contributed by atoms with Crippen LogP contribution in [0.5, 0.6) is 0 Å². The number of hydrogen-bond acceptors (Lipinski definition) is 4. The molecule has 2 rings (SSSR count). The van der Waals surface area contributed by atoms with Gasteiger partial charge in [-0.3, -0.25) is 0 Å². The minimum absolute atomic E-state index is 0.226. The molecular weight excluding hydrogens is 331 g/mol. The molecule has 0 aromatic heterocycles. The van der Waals surface area contributed by atoms with Crippen LogP contribution in [0, 0.1) is 12.7 Å². The van der Waals surface area contributed by atoms with E-state index in [1.807, 2.05) is 0 Å². The molecule has 1 aromatic rings. The first-order valence-corrected chi connectivity index (χ1v) is 6.63. The minimum atomic E-state index is -1.28. The van der Waals surface area contributed by atoms with Gasteiger partial charge in [-0.1, -0.05) is 15.9 Å². The van der Waals surface area contributed by atoms with Crippen LogP contribution in [0.3, 0.4) is 0 Å². The first-order chi connectivity index (χ1) is 9.19. The van der Waals surface area contributed by atoms with Gasteiger partial charge >= 0.3 is 11.9 Å². The van der Waals surface area contributed by atoms with Gasteiger partial charge in [0, 0.05) is 18.3 Å². The lowest BCUT2D eigenvalue weighted by molar-refractivity contribution is -0.222. The van der Waals surface area contributed by atoms with Crippen molar-refractivity contribution in [1.82, 2.24) is 0 Å². The fraction of sp³-hybridized carbons (Fsp3) is 0.286. The van der Waals surface area contributed by atoms with Crippen molar-refractivity contribution >= 4 is 33.9 Å². The second kappa shape index (κ2) is 5.01. The van der Waals surface area contributed by atoms with E-state index >= 15 is 0 Å². The predicted molar refractivity (Wildman–Crippen MR) is 73.1 cm³/mol. The molecular formula is C14H12BrFO4. The van der Waals surface area contributed by atoms with Gasteiger partial charge < -0.3 is 9.47 Å². The fourth-order valence-electron chi connectivity index (χ4n) is 1.72. The van der Waals surface area contributed by atoms with Crippen LogP contribution in [-0.4, -0.2) is 17.7 Å². The lowest BCUT2D eigenvalue weighted by Gasteiger charge is -2.29. The zero-order chi connectivity index (χ0) is 15.1. The molecule has 0 atom stereocenters. The fourth-order valence-corrected chi connectivity index (χ4v) is 2.15. The first-order valence-electron chi connectivity index (χ1n) is 5.83. The summed E-state index contributed by atoms with van der Waals surface area (Å²) in [6, 6.07) is 2.79. The molecule has 0 bridgehead atoms. The predicted octanol–water partition coefficient (Wildman–Crippen LogP) is 3.12. The van der Waals surface area contributed by atoms with Crippen molar-refractivity contribution in [3.8, 4) is 0 Å². The SMILES string of the molecule is Cc1cc(C=C2C(=O)OC(C)(C)OC2=O)c(Br)cc1F.